The number of fused-ring (bicyclic) bond motifs is 1. The lowest BCUT2D eigenvalue weighted by atomic mass is 10.0. The molecule has 1 unspecified atom stereocenters. The van der Waals surface area contributed by atoms with Crippen LogP contribution in [0.2, 0.25) is 0 Å². The van der Waals surface area contributed by atoms with Gasteiger partial charge in [-0.3, -0.25) is 0 Å². The van der Waals surface area contributed by atoms with Gasteiger partial charge in [-0.15, -0.1) is 0 Å². The highest BCUT2D eigenvalue weighted by Gasteiger charge is 2.33. The molecule has 1 aromatic carbocycles. The van der Waals surface area contributed by atoms with Crippen LogP contribution in [0, 0.1) is 0 Å². The summed E-state index contributed by atoms with van der Waals surface area (Å²) in [4.78, 5) is 4.70. The normalized spacial score (nSPS) is 18.4. The summed E-state index contributed by atoms with van der Waals surface area (Å²) in [5.74, 6) is 1.09. The molecule has 1 fully saturated rings. The Kier molecular flexibility index (Phi) is 3.52. The molecule has 0 spiro atoms. The summed E-state index contributed by atoms with van der Waals surface area (Å²) in [5.41, 5.74) is 1.91. The highest BCUT2D eigenvalue weighted by molar-refractivity contribution is 5.75. The average Bonchev–Trinajstić information content (AvgIpc) is 3.20. The Morgan fingerprint density at radius 3 is 2.80 bits per heavy atom. The molecule has 1 aliphatic carbocycles. The zero-order valence-electron chi connectivity index (χ0n) is 12.3. The predicted molar refractivity (Wildman–Crippen MR) is 80.8 cm³/mol. The van der Waals surface area contributed by atoms with Crippen molar-refractivity contribution in [1.82, 2.24) is 14.9 Å². The van der Waals surface area contributed by atoms with E-state index in [1.54, 1.807) is 0 Å². The van der Waals surface area contributed by atoms with Gasteiger partial charge in [0.1, 0.15) is 5.82 Å². The van der Waals surface area contributed by atoms with Gasteiger partial charge in [-0.2, -0.15) is 0 Å². The second kappa shape index (κ2) is 5.19. The number of nitrogens with zero attached hydrogens (tertiary/aromatic N) is 2. The fraction of sp³-hybridized carbons (Fsp3) is 0.562. The lowest BCUT2D eigenvalue weighted by molar-refractivity contribution is 0.155. The van der Waals surface area contributed by atoms with E-state index in [2.05, 4.69) is 35.9 Å². The number of rotatable bonds is 6. The minimum absolute atomic E-state index is 0.138. The summed E-state index contributed by atoms with van der Waals surface area (Å²) in [6.07, 6.45) is 3.35. The number of nitrogens with one attached hydrogen (secondary N) is 1. The molecule has 1 atom stereocenters. The van der Waals surface area contributed by atoms with Gasteiger partial charge in [0.2, 0.25) is 0 Å². The van der Waals surface area contributed by atoms with Gasteiger partial charge in [0, 0.05) is 19.0 Å². The van der Waals surface area contributed by atoms with Crippen LogP contribution in [0.15, 0.2) is 24.3 Å². The quantitative estimate of drug-likeness (QED) is 0.847. The number of hydrogen-bond acceptors (Lipinski definition) is 3. The molecule has 20 heavy (non-hydrogen) atoms. The average molecular weight is 273 g/mol. The van der Waals surface area contributed by atoms with Crippen LogP contribution in [0.25, 0.3) is 11.0 Å². The van der Waals surface area contributed by atoms with Crippen molar-refractivity contribution in [3.8, 4) is 0 Å². The maximum Gasteiger partial charge on any atom is 0.109 e. The van der Waals surface area contributed by atoms with E-state index in [-0.39, 0.29) is 12.1 Å². The van der Waals surface area contributed by atoms with Crippen LogP contribution in [0.3, 0.4) is 0 Å². The molecule has 1 aliphatic rings. The van der Waals surface area contributed by atoms with Crippen LogP contribution < -0.4 is 5.32 Å². The summed E-state index contributed by atoms with van der Waals surface area (Å²) < 4.78 is 2.25. The maximum atomic E-state index is 9.80. The number of aliphatic hydroxyl groups is 1. The van der Waals surface area contributed by atoms with Crippen molar-refractivity contribution in [2.24, 2.45) is 0 Å². The van der Waals surface area contributed by atoms with Crippen LogP contribution >= 0.6 is 0 Å². The standard InChI is InChI=1S/C16H23N3O/c1-3-15-17-13-6-4-5-7-14(13)19(15)10-16(2,11-20)18-12-8-9-12/h4-7,12,18,20H,3,8-11H2,1-2H3. The monoisotopic (exact) mass is 273 g/mol. The van der Waals surface area contributed by atoms with Crippen LogP contribution in [0.5, 0.6) is 0 Å². The summed E-state index contributed by atoms with van der Waals surface area (Å²) >= 11 is 0. The van der Waals surface area contributed by atoms with Gasteiger partial charge >= 0.3 is 0 Å². The van der Waals surface area contributed by atoms with E-state index in [9.17, 15) is 5.11 Å². The van der Waals surface area contributed by atoms with Gasteiger partial charge in [0.05, 0.1) is 23.2 Å². The van der Waals surface area contributed by atoms with E-state index in [1.165, 1.54) is 12.8 Å². The fourth-order valence-electron chi connectivity index (χ4n) is 2.78. The molecule has 108 valence electrons. The van der Waals surface area contributed by atoms with E-state index in [4.69, 9.17) is 4.98 Å². The molecule has 0 radical (unpaired) electrons. The summed E-state index contributed by atoms with van der Waals surface area (Å²) in [5, 5.41) is 13.4. The Balaban J connectivity index is 1.95. The first-order valence-corrected chi connectivity index (χ1v) is 7.48. The second-order valence-electron chi connectivity index (χ2n) is 6.09. The smallest absolute Gasteiger partial charge is 0.109 e. The van der Waals surface area contributed by atoms with Crippen molar-refractivity contribution in [2.75, 3.05) is 6.61 Å². The lowest BCUT2D eigenvalue weighted by Gasteiger charge is -2.30. The molecule has 4 nitrogen and oxygen atoms in total. The zero-order valence-corrected chi connectivity index (χ0v) is 12.3. The Bertz CT molecular complexity index is 603. The van der Waals surface area contributed by atoms with E-state index in [1.807, 2.05) is 12.1 Å². The minimum Gasteiger partial charge on any atom is -0.394 e. The Labute approximate surface area is 119 Å². The third-order valence-electron chi connectivity index (χ3n) is 4.04. The van der Waals surface area contributed by atoms with Crippen LogP contribution in [0.1, 0.15) is 32.5 Å². The Morgan fingerprint density at radius 2 is 2.15 bits per heavy atom. The topological polar surface area (TPSA) is 50.1 Å². The molecule has 1 saturated carbocycles. The van der Waals surface area contributed by atoms with Crippen molar-refractivity contribution < 1.29 is 5.11 Å². The van der Waals surface area contributed by atoms with E-state index < -0.39 is 0 Å². The Morgan fingerprint density at radius 1 is 1.40 bits per heavy atom. The number of hydrogen-bond donors (Lipinski definition) is 2. The van der Waals surface area contributed by atoms with Gasteiger partial charge in [-0.25, -0.2) is 4.98 Å². The molecule has 0 bridgehead atoms. The number of benzene rings is 1. The van der Waals surface area contributed by atoms with Crippen LogP contribution in [-0.4, -0.2) is 32.8 Å². The van der Waals surface area contributed by atoms with E-state index in [0.29, 0.717) is 6.04 Å². The van der Waals surface area contributed by atoms with Crippen LogP contribution in [0.4, 0.5) is 0 Å². The van der Waals surface area contributed by atoms with Crippen molar-refractivity contribution in [3.63, 3.8) is 0 Å². The maximum absolute atomic E-state index is 9.80. The number of para-hydroxylation sites is 2. The van der Waals surface area contributed by atoms with E-state index >= 15 is 0 Å². The van der Waals surface area contributed by atoms with Crippen molar-refractivity contribution in [3.05, 3.63) is 30.1 Å². The van der Waals surface area contributed by atoms with Crippen molar-refractivity contribution in [2.45, 2.75) is 51.2 Å². The van der Waals surface area contributed by atoms with Gasteiger partial charge in [0.15, 0.2) is 0 Å². The first-order valence-electron chi connectivity index (χ1n) is 7.48. The fourth-order valence-corrected chi connectivity index (χ4v) is 2.78. The minimum atomic E-state index is -0.283. The highest BCUT2D eigenvalue weighted by Crippen LogP contribution is 2.25. The lowest BCUT2D eigenvalue weighted by Crippen LogP contribution is -2.50. The van der Waals surface area contributed by atoms with Crippen molar-refractivity contribution >= 4 is 11.0 Å². The zero-order chi connectivity index (χ0) is 14.2. The molecule has 0 saturated heterocycles. The SMILES string of the molecule is CCc1nc2ccccc2n1CC(C)(CO)NC1CC1. The number of aromatic nitrogens is 2. The molecule has 2 aromatic rings. The van der Waals surface area contributed by atoms with Crippen LogP contribution in [-0.2, 0) is 13.0 Å². The summed E-state index contributed by atoms with van der Waals surface area (Å²) in [6.45, 7) is 5.12. The van der Waals surface area contributed by atoms with Gasteiger partial charge in [-0.1, -0.05) is 19.1 Å². The van der Waals surface area contributed by atoms with Crippen molar-refractivity contribution in [1.29, 1.82) is 0 Å². The summed E-state index contributed by atoms with van der Waals surface area (Å²) in [7, 11) is 0. The molecule has 0 aliphatic heterocycles. The number of aryl methyl sites for hydroxylation is 1. The molecule has 1 aromatic heterocycles. The molecule has 2 N–H and O–H groups in total. The second-order valence-corrected chi connectivity index (χ2v) is 6.09. The first-order chi connectivity index (χ1) is 9.65. The molecule has 0 amide bonds. The highest BCUT2D eigenvalue weighted by atomic mass is 16.3. The molecule has 3 rings (SSSR count). The summed E-state index contributed by atoms with van der Waals surface area (Å²) in [6, 6.07) is 8.80. The third-order valence-corrected chi connectivity index (χ3v) is 4.04. The van der Waals surface area contributed by atoms with Gasteiger partial charge in [-0.05, 0) is 31.9 Å². The number of aliphatic hydroxyl groups excluding tert-OH is 1. The molecule has 1 heterocycles. The third kappa shape index (κ3) is 2.58. The van der Waals surface area contributed by atoms with Gasteiger partial charge < -0.3 is 15.0 Å². The largest absolute Gasteiger partial charge is 0.394 e. The van der Waals surface area contributed by atoms with E-state index in [0.717, 1.165) is 29.8 Å². The Hall–Kier alpha value is -1.39. The van der Waals surface area contributed by atoms with Gasteiger partial charge in [0.25, 0.3) is 0 Å². The first kappa shape index (κ1) is 13.6. The molecular weight excluding hydrogens is 250 g/mol. The molecular formula is C16H23N3O. The predicted octanol–water partition coefficient (Wildman–Crippen LogP) is 2.10. The number of imidazole rings is 1. The molecule has 4 heteroatoms.